The maximum absolute atomic E-state index is 12.1. The maximum atomic E-state index is 12.1. The zero-order valence-corrected chi connectivity index (χ0v) is 9.66. The van der Waals surface area contributed by atoms with Gasteiger partial charge in [0.2, 0.25) is 5.78 Å². The molecule has 0 amide bonds. The fraction of sp³-hybridized carbons (Fsp3) is 0.167. The van der Waals surface area contributed by atoms with Crippen molar-refractivity contribution in [1.29, 1.82) is 0 Å². The Hall–Kier alpha value is -1.68. The third kappa shape index (κ3) is 2.12. The number of rotatable bonds is 4. The molecule has 0 atom stereocenters. The Balaban J connectivity index is 2.36. The number of ketones is 1. The molecule has 0 saturated carbocycles. The number of thiazole rings is 1. The van der Waals surface area contributed by atoms with Crippen molar-refractivity contribution in [1.82, 2.24) is 4.98 Å². The van der Waals surface area contributed by atoms with Crippen LogP contribution in [-0.4, -0.2) is 17.4 Å². The summed E-state index contributed by atoms with van der Waals surface area (Å²) in [5.74, 6) is 0.593. The molecule has 1 aromatic heterocycles. The average molecular weight is 233 g/mol. The highest BCUT2D eigenvalue weighted by atomic mass is 32.1. The second-order valence-electron chi connectivity index (χ2n) is 3.12. The van der Waals surface area contributed by atoms with Crippen molar-refractivity contribution < 1.29 is 9.53 Å². The SMILES string of the molecule is CCOc1ccccc1C(=O)c1cncs1. The molecule has 16 heavy (non-hydrogen) atoms. The van der Waals surface area contributed by atoms with E-state index < -0.39 is 0 Å². The van der Waals surface area contributed by atoms with Crippen molar-refractivity contribution in [2.75, 3.05) is 6.61 Å². The summed E-state index contributed by atoms with van der Waals surface area (Å²) < 4.78 is 5.42. The molecule has 0 bridgehead atoms. The van der Waals surface area contributed by atoms with Crippen molar-refractivity contribution in [3.05, 3.63) is 46.4 Å². The molecular weight excluding hydrogens is 222 g/mol. The Kier molecular flexibility index (Phi) is 3.31. The first-order valence-electron chi connectivity index (χ1n) is 4.98. The van der Waals surface area contributed by atoms with Crippen LogP contribution in [0.4, 0.5) is 0 Å². The van der Waals surface area contributed by atoms with E-state index in [0.29, 0.717) is 22.8 Å². The van der Waals surface area contributed by atoms with Crippen LogP contribution < -0.4 is 4.74 Å². The lowest BCUT2D eigenvalue weighted by Gasteiger charge is -2.07. The van der Waals surface area contributed by atoms with E-state index in [1.807, 2.05) is 19.1 Å². The predicted molar refractivity (Wildman–Crippen MR) is 63.2 cm³/mol. The standard InChI is InChI=1S/C12H11NO2S/c1-2-15-10-6-4-3-5-9(10)12(14)11-7-13-8-16-11/h3-8H,2H2,1H3. The van der Waals surface area contributed by atoms with E-state index in [1.165, 1.54) is 11.3 Å². The van der Waals surface area contributed by atoms with Crippen molar-refractivity contribution in [3.63, 3.8) is 0 Å². The quantitative estimate of drug-likeness (QED) is 0.762. The van der Waals surface area contributed by atoms with Crippen LogP contribution in [0.25, 0.3) is 0 Å². The molecule has 2 rings (SSSR count). The molecule has 82 valence electrons. The molecule has 0 radical (unpaired) electrons. The van der Waals surface area contributed by atoms with Gasteiger partial charge in [-0.25, -0.2) is 0 Å². The topological polar surface area (TPSA) is 39.2 Å². The Morgan fingerprint density at radius 3 is 2.94 bits per heavy atom. The highest BCUT2D eigenvalue weighted by molar-refractivity contribution is 7.11. The number of hydrogen-bond donors (Lipinski definition) is 0. The minimum atomic E-state index is -0.0356. The molecule has 0 aliphatic heterocycles. The fourth-order valence-electron chi connectivity index (χ4n) is 1.40. The number of nitrogens with zero attached hydrogens (tertiary/aromatic N) is 1. The highest BCUT2D eigenvalue weighted by Crippen LogP contribution is 2.22. The van der Waals surface area contributed by atoms with Crippen LogP contribution in [-0.2, 0) is 0 Å². The number of benzene rings is 1. The fourth-order valence-corrected chi connectivity index (χ4v) is 1.97. The smallest absolute Gasteiger partial charge is 0.208 e. The summed E-state index contributed by atoms with van der Waals surface area (Å²) >= 11 is 1.34. The highest BCUT2D eigenvalue weighted by Gasteiger charge is 2.15. The van der Waals surface area contributed by atoms with E-state index in [9.17, 15) is 4.79 Å². The summed E-state index contributed by atoms with van der Waals surface area (Å²) in [5.41, 5.74) is 2.24. The Morgan fingerprint density at radius 1 is 1.44 bits per heavy atom. The van der Waals surface area contributed by atoms with Crippen LogP contribution >= 0.6 is 11.3 Å². The molecule has 0 fully saturated rings. The summed E-state index contributed by atoms with van der Waals surface area (Å²) in [6.07, 6.45) is 1.58. The number of aromatic nitrogens is 1. The summed E-state index contributed by atoms with van der Waals surface area (Å²) in [6, 6.07) is 7.26. The third-order valence-electron chi connectivity index (χ3n) is 2.09. The maximum Gasteiger partial charge on any atom is 0.208 e. The van der Waals surface area contributed by atoms with Crippen molar-refractivity contribution in [2.45, 2.75) is 6.92 Å². The van der Waals surface area contributed by atoms with Crippen molar-refractivity contribution >= 4 is 17.1 Å². The van der Waals surface area contributed by atoms with Crippen LogP contribution in [0.5, 0.6) is 5.75 Å². The molecule has 0 N–H and O–H groups in total. The number of ether oxygens (including phenoxy) is 1. The van der Waals surface area contributed by atoms with Crippen molar-refractivity contribution in [2.24, 2.45) is 0 Å². The van der Waals surface area contributed by atoms with Gasteiger partial charge in [0, 0.05) is 6.20 Å². The van der Waals surface area contributed by atoms with E-state index in [4.69, 9.17) is 4.74 Å². The van der Waals surface area contributed by atoms with Gasteiger partial charge >= 0.3 is 0 Å². The number of carbonyl (C=O) groups excluding carboxylic acids is 1. The van der Waals surface area contributed by atoms with Crippen LogP contribution in [0.1, 0.15) is 22.2 Å². The van der Waals surface area contributed by atoms with Gasteiger partial charge in [-0.05, 0) is 19.1 Å². The van der Waals surface area contributed by atoms with Crippen LogP contribution in [0.2, 0.25) is 0 Å². The molecular formula is C12H11NO2S. The largest absolute Gasteiger partial charge is 0.493 e. The lowest BCUT2D eigenvalue weighted by Crippen LogP contribution is -2.03. The summed E-state index contributed by atoms with van der Waals surface area (Å²) in [7, 11) is 0. The molecule has 1 heterocycles. The summed E-state index contributed by atoms with van der Waals surface area (Å²) in [4.78, 5) is 16.6. The zero-order valence-electron chi connectivity index (χ0n) is 8.84. The van der Waals surface area contributed by atoms with E-state index in [2.05, 4.69) is 4.98 Å². The monoisotopic (exact) mass is 233 g/mol. The molecule has 3 nitrogen and oxygen atoms in total. The van der Waals surface area contributed by atoms with Gasteiger partial charge in [-0.1, -0.05) is 12.1 Å². The average Bonchev–Trinajstić information content (AvgIpc) is 2.83. The van der Waals surface area contributed by atoms with Gasteiger partial charge in [0.25, 0.3) is 0 Å². The van der Waals surface area contributed by atoms with Gasteiger partial charge in [-0.15, -0.1) is 11.3 Å². The molecule has 0 spiro atoms. The molecule has 0 unspecified atom stereocenters. The molecule has 2 aromatic rings. The lowest BCUT2D eigenvalue weighted by molar-refractivity contribution is 0.103. The Morgan fingerprint density at radius 2 is 2.25 bits per heavy atom. The van der Waals surface area contributed by atoms with E-state index in [0.717, 1.165) is 0 Å². The van der Waals surface area contributed by atoms with Crippen molar-refractivity contribution in [3.8, 4) is 5.75 Å². The molecule has 4 heteroatoms. The number of carbonyl (C=O) groups is 1. The predicted octanol–water partition coefficient (Wildman–Crippen LogP) is 2.77. The number of para-hydroxylation sites is 1. The molecule has 1 aromatic carbocycles. The molecule has 0 aliphatic carbocycles. The first-order valence-corrected chi connectivity index (χ1v) is 5.86. The molecule has 0 aliphatic rings. The Bertz CT molecular complexity index is 480. The van der Waals surface area contributed by atoms with E-state index in [1.54, 1.807) is 23.8 Å². The molecule has 0 saturated heterocycles. The van der Waals surface area contributed by atoms with Crippen LogP contribution in [0.3, 0.4) is 0 Å². The minimum absolute atomic E-state index is 0.0356. The van der Waals surface area contributed by atoms with Gasteiger partial charge in [-0.3, -0.25) is 9.78 Å². The third-order valence-corrected chi connectivity index (χ3v) is 2.86. The second kappa shape index (κ2) is 4.90. The second-order valence-corrected chi connectivity index (χ2v) is 4.01. The first kappa shape index (κ1) is 10.8. The van der Waals surface area contributed by atoms with E-state index in [-0.39, 0.29) is 5.78 Å². The van der Waals surface area contributed by atoms with Crippen LogP contribution in [0, 0.1) is 0 Å². The number of hydrogen-bond acceptors (Lipinski definition) is 4. The van der Waals surface area contributed by atoms with Gasteiger partial charge in [0.1, 0.15) is 5.75 Å². The van der Waals surface area contributed by atoms with Gasteiger partial charge in [0.15, 0.2) is 0 Å². The van der Waals surface area contributed by atoms with Crippen LogP contribution in [0.15, 0.2) is 36.0 Å². The summed E-state index contributed by atoms with van der Waals surface area (Å²) in [6.45, 7) is 2.45. The normalized spacial score (nSPS) is 10.1. The zero-order chi connectivity index (χ0) is 11.4. The van der Waals surface area contributed by atoms with Gasteiger partial charge in [-0.2, -0.15) is 0 Å². The minimum Gasteiger partial charge on any atom is -0.493 e. The Labute approximate surface area is 97.7 Å². The van der Waals surface area contributed by atoms with Gasteiger partial charge in [0.05, 0.1) is 22.6 Å². The first-order chi connectivity index (χ1) is 7.83. The van der Waals surface area contributed by atoms with E-state index >= 15 is 0 Å². The lowest BCUT2D eigenvalue weighted by atomic mass is 10.1. The van der Waals surface area contributed by atoms with Gasteiger partial charge < -0.3 is 4.74 Å². The summed E-state index contributed by atoms with van der Waals surface area (Å²) in [5, 5.41) is 0.